The van der Waals surface area contributed by atoms with Crippen molar-refractivity contribution in [3.8, 4) is 11.3 Å². The molecule has 0 bridgehead atoms. The van der Waals surface area contributed by atoms with Crippen LogP contribution in [0.5, 0.6) is 0 Å². The summed E-state index contributed by atoms with van der Waals surface area (Å²) in [6.07, 6.45) is 8.39. The van der Waals surface area contributed by atoms with Crippen LogP contribution in [0.15, 0.2) is 54.9 Å². The number of aryl methyl sites for hydroxylation is 1. The Labute approximate surface area is 165 Å². The van der Waals surface area contributed by atoms with E-state index >= 15 is 0 Å². The van der Waals surface area contributed by atoms with Gasteiger partial charge in [-0.3, -0.25) is 9.67 Å². The minimum Gasteiger partial charge on any atom is -0.332 e. The Bertz CT molecular complexity index is 945. The van der Waals surface area contributed by atoms with Gasteiger partial charge in [0.15, 0.2) is 0 Å². The Balaban J connectivity index is 1.48. The second-order valence-corrected chi connectivity index (χ2v) is 7.32. The summed E-state index contributed by atoms with van der Waals surface area (Å²) in [6, 6.07) is 14.0. The van der Waals surface area contributed by atoms with Gasteiger partial charge in [-0.1, -0.05) is 25.0 Å². The van der Waals surface area contributed by atoms with Crippen LogP contribution in [0.4, 0.5) is 10.5 Å². The van der Waals surface area contributed by atoms with Gasteiger partial charge in [-0.2, -0.15) is 5.10 Å². The fourth-order valence-electron chi connectivity index (χ4n) is 3.77. The molecule has 1 aromatic carbocycles. The molecule has 1 saturated carbocycles. The zero-order valence-electron chi connectivity index (χ0n) is 16.1. The van der Waals surface area contributed by atoms with Gasteiger partial charge in [0.25, 0.3) is 0 Å². The van der Waals surface area contributed by atoms with Crippen molar-refractivity contribution in [1.29, 1.82) is 0 Å². The normalized spacial score (nSPS) is 14.2. The zero-order chi connectivity index (χ0) is 19.3. The molecule has 6 nitrogen and oxygen atoms in total. The lowest BCUT2D eigenvalue weighted by molar-refractivity contribution is 0.251. The van der Waals surface area contributed by atoms with E-state index in [-0.39, 0.29) is 6.03 Å². The van der Waals surface area contributed by atoms with Crippen molar-refractivity contribution >= 4 is 11.7 Å². The number of benzene rings is 1. The third-order valence-electron chi connectivity index (χ3n) is 5.14. The average molecular weight is 375 g/mol. The molecule has 4 rings (SSSR count). The van der Waals surface area contributed by atoms with Gasteiger partial charge in [0.1, 0.15) is 0 Å². The summed E-state index contributed by atoms with van der Waals surface area (Å²) in [5.41, 5.74) is 4.94. The Morgan fingerprint density at radius 1 is 1.14 bits per heavy atom. The van der Waals surface area contributed by atoms with E-state index in [4.69, 9.17) is 5.10 Å². The van der Waals surface area contributed by atoms with Gasteiger partial charge in [-0.05, 0) is 55.7 Å². The highest BCUT2D eigenvalue weighted by Gasteiger charge is 2.22. The first-order valence-electron chi connectivity index (χ1n) is 9.79. The number of nitrogens with zero attached hydrogens (tertiary/aromatic N) is 3. The highest BCUT2D eigenvalue weighted by Crippen LogP contribution is 2.33. The quantitative estimate of drug-likeness (QED) is 0.679. The number of pyridine rings is 1. The molecule has 2 aromatic heterocycles. The molecule has 1 aliphatic rings. The topological polar surface area (TPSA) is 71.8 Å². The van der Waals surface area contributed by atoms with Crippen LogP contribution in [0.3, 0.4) is 0 Å². The molecule has 6 heteroatoms. The van der Waals surface area contributed by atoms with E-state index in [9.17, 15) is 4.79 Å². The third-order valence-corrected chi connectivity index (χ3v) is 5.14. The number of hydrogen-bond donors (Lipinski definition) is 2. The van der Waals surface area contributed by atoms with Crippen molar-refractivity contribution in [2.45, 2.75) is 45.2 Å². The summed E-state index contributed by atoms with van der Waals surface area (Å²) in [5, 5.41) is 10.6. The first-order valence-corrected chi connectivity index (χ1v) is 9.79. The maximum Gasteiger partial charge on any atom is 0.319 e. The first-order chi connectivity index (χ1) is 13.7. The van der Waals surface area contributed by atoms with Gasteiger partial charge in [-0.25, -0.2) is 4.79 Å². The van der Waals surface area contributed by atoms with E-state index in [2.05, 4.69) is 26.4 Å². The lowest BCUT2D eigenvalue weighted by Gasteiger charge is -2.14. The summed E-state index contributed by atoms with van der Waals surface area (Å²) in [6.45, 7) is 2.38. The van der Waals surface area contributed by atoms with Gasteiger partial charge in [-0.15, -0.1) is 0 Å². The number of amides is 2. The van der Waals surface area contributed by atoms with Crippen LogP contribution in [-0.2, 0) is 6.54 Å². The van der Waals surface area contributed by atoms with Gasteiger partial charge in [0.2, 0.25) is 0 Å². The van der Waals surface area contributed by atoms with Gasteiger partial charge >= 0.3 is 6.03 Å². The van der Waals surface area contributed by atoms with Crippen LogP contribution in [0.25, 0.3) is 11.3 Å². The maximum absolute atomic E-state index is 12.2. The standard InChI is InChI=1S/C22H25N5O/c1-16-5-4-6-18(13-16)25-22(28)24-15-19-14-21(17-9-11-23-12-10-17)27(26-19)20-7-2-3-8-20/h4-6,9-14,20H,2-3,7-8,15H2,1H3,(H2,24,25,28). The number of urea groups is 1. The lowest BCUT2D eigenvalue weighted by Crippen LogP contribution is -2.28. The van der Waals surface area contributed by atoms with Crippen LogP contribution >= 0.6 is 0 Å². The molecule has 0 aliphatic heterocycles. The molecule has 0 spiro atoms. The summed E-state index contributed by atoms with van der Waals surface area (Å²) in [4.78, 5) is 16.4. The van der Waals surface area contributed by atoms with E-state index in [0.717, 1.165) is 41.0 Å². The number of anilines is 1. The minimum atomic E-state index is -0.230. The molecule has 3 aromatic rings. The first kappa shape index (κ1) is 18.2. The largest absolute Gasteiger partial charge is 0.332 e. The van der Waals surface area contributed by atoms with Crippen LogP contribution in [0, 0.1) is 6.92 Å². The molecule has 0 saturated heterocycles. The van der Waals surface area contributed by atoms with E-state index in [1.807, 2.05) is 43.3 Å². The minimum absolute atomic E-state index is 0.230. The molecule has 1 aliphatic carbocycles. The van der Waals surface area contributed by atoms with Crippen molar-refractivity contribution in [2.75, 3.05) is 5.32 Å². The van der Waals surface area contributed by atoms with Crippen molar-refractivity contribution in [2.24, 2.45) is 0 Å². The molecular weight excluding hydrogens is 350 g/mol. The molecule has 28 heavy (non-hydrogen) atoms. The molecular formula is C22H25N5O. The summed E-state index contributed by atoms with van der Waals surface area (Å²) >= 11 is 0. The molecule has 1 fully saturated rings. The molecule has 0 radical (unpaired) electrons. The number of hydrogen-bond acceptors (Lipinski definition) is 3. The molecule has 2 N–H and O–H groups in total. The predicted octanol–water partition coefficient (Wildman–Crippen LogP) is 4.69. The second-order valence-electron chi connectivity index (χ2n) is 7.32. The highest BCUT2D eigenvalue weighted by atomic mass is 16.2. The van der Waals surface area contributed by atoms with Crippen LogP contribution in [0.2, 0.25) is 0 Å². The maximum atomic E-state index is 12.2. The Kier molecular flexibility index (Phi) is 5.37. The monoisotopic (exact) mass is 375 g/mol. The summed E-state index contributed by atoms with van der Waals surface area (Å²) < 4.78 is 2.14. The lowest BCUT2D eigenvalue weighted by atomic mass is 10.1. The number of rotatable bonds is 5. The zero-order valence-corrected chi connectivity index (χ0v) is 16.1. The third kappa shape index (κ3) is 4.22. The number of carbonyl (C=O) groups is 1. The number of nitrogens with one attached hydrogen (secondary N) is 2. The summed E-state index contributed by atoms with van der Waals surface area (Å²) in [7, 11) is 0. The fraction of sp³-hybridized carbons (Fsp3) is 0.318. The van der Waals surface area contributed by atoms with Crippen molar-refractivity contribution in [1.82, 2.24) is 20.1 Å². The number of aromatic nitrogens is 3. The van der Waals surface area contributed by atoms with Gasteiger partial charge in [0.05, 0.1) is 24.0 Å². The van der Waals surface area contributed by atoms with Crippen LogP contribution in [0.1, 0.15) is 43.0 Å². The van der Waals surface area contributed by atoms with E-state index in [1.54, 1.807) is 12.4 Å². The van der Waals surface area contributed by atoms with Crippen molar-refractivity contribution in [3.63, 3.8) is 0 Å². The van der Waals surface area contributed by atoms with Gasteiger partial charge in [0, 0.05) is 23.6 Å². The SMILES string of the molecule is Cc1cccc(NC(=O)NCc2cc(-c3ccncc3)n(C3CCCC3)n2)c1. The number of carbonyl (C=O) groups excluding carboxylic acids is 1. The summed E-state index contributed by atoms with van der Waals surface area (Å²) in [5.74, 6) is 0. The fourth-order valence-corrected chi connectivity index (χ4v) is 3.77. The predicted molar refractivity (Wildman–Crippen MR) is 110 cm³/mol. The Hall–Kier alpha value is -3.15. The Morgan fingerprint density at radius 3 is 2.68 bits per heavy atom. The van der Waals surface area contributed by atoms with E-state index in [0.29, 0.717) is 12.6 Å². The van der Waals surface area contributed by atoms with Crippen molar-refractivity contribution < 1.29 is 4.79 Å². The Morgan fingerprint density at radius 2 is 1.93 bits per heavy atom. The van der Waals surface area contributed by atoms with Gasteiger partial charge < -0.3 is 10.6 Å². The molecule has 144 valence electrons. The molecule has 2 heterocycles. The molecule has 0 unspecified atom stereocenters. The smallest absolute Gasteiger partial charge is 0.319 e. The van der Waals surface area contributed by atoms with E-state index < -0.39 is 0 Å². The molecule has 2 amide bonds. The molecule has 0 atom stereocenters. The average Bonchev–Trinajstić information content (AvgIpc) is 3.37. The second kappa shape index (κ2) is 8.25. The van der Waals surface area contributed by atoms with Crippen molar-refractivity contribution in [3.05, 3.63) is 66.1 Å². The van der Waals surface area contributed by atoms with Crippen LogP contribution < -0.4 is 10.6 Å². The van der Waals surface area contributed by atoms with E-state index in [1.165, 1.54) is 12.8 Å². The highest BCUT2D eigenvalue weighted by molar-refractivity contribution is 5.89. The van der Waals surface area contributed by atoms with Crippen LogP contribution in [-0.4, -0.2) is 20.8 Å².